The molecule has 3 aromatic rings. The standard InChI is InChI=1S/C22H22N2O3S/c1-15-7-4-11-19(13-15)23-22(25)18-10-6-12-20(14-18)28(26,27)24-21-16(2)8-5-9-17(21)3/h4-14,24H,1-3H3,(H,23,25). The SMILES string of the molecule is Cc1cccc(NC(=O)c2cccc(S(=O)(=O)Nc3c(C)cccc3C)c2)c1. The highest BCUT2D eigenvalue weighted by atomic mass is 32.2. The van der Waals surface area contributed by atoms with Gasteiger partial charge in [0.25, 0.3) is 15.9 Å². The van der Waals surface area contributed by atoms with Crippen LogP contribution in [0.3, 0.4) is 0 Å². The summed E-state index contributed by atoms with van der Waals surface area (Å²) in [6.07, 6.45) is 0. The van der Waals surface area contributed by atoms with Crippen LogP contribution in [0.25, 0.3) is 0 Å². The molecule has 0 saturated carbocycles. The number of hydrogen-bond donors (Lipinski definition) is 2. The van der Waals surface area contributed by atoms with Crippen molar-refractivity contribution in [3.05, 3.63) is 89.0 Å². The molecule has 6 heteroatoms. The van der Waals surface area contributed by atoms with Crippen LogP contribution >= 0.6 is 0 Å². The number of rotatable bonds is 5. The molecule has 2 N–H and O–H groups in total. The zero-order valence-electron chi connectivity index (χ0n) is 16.0. The Morgan fingerprint density at radius 1 is 0.821 bits per heavy atom. The van der Waals surface area contributed by atoms with Gasteiger partial charge in [-0.05, 0) is 67.8 Å². The van der Waals surface area contributed by atoms with E-state index in [2.05, 4.69) is 10.0 Å². The lowest BCUT2D eigenvalue weighted by Crippen LogP contribution is -2.17. The molecule has 1 amide bonds. The summed E-state index contributed by atoms with van der Waals surface area (Å²) >= 11 is 0. The number of aryl methyl sites for hydroxylation is 3. The molecule has 0 aliphatic rings. The van der Waals surface area contributed by atoms with Crippen molar-refractivity contribution in [1.82, 2.24) is 0 Å². The predicted octanol–water partition coefficient (Wildman–Crippen LogP) is 4.66. The number of carbonyl (C=O) groups excluding carboxylic acids is 1. The molecule has 0 spiro atoms. The van der Waals surface area contributed by atoms with E-state index >= 15 is 0 Å². The number of para-hydroxylation sites is 1. The molecular weight excluding hydrogens is 372 g/mol. The third kappa shape index (κ3) is 4.40. The van der Waals surface area contributed by atoms with Crippen LogP contribution in [-0.4, -0.2) is 14.3 Å². The summed E-state index contributed by atoms with van der Waals surface area (Å²) in [6.45, 7) is 5.62. The van der Waals surface area contributed by atoms with E-state index in [4.69, 9.17) is 0 Å². The van der Waals surface area contributed by atoms with Crippen LogP contribution in [-0.2, 0) is 10.0 Å². The Morgan fingerprint density at radius 2 is 1.46 bits per heavy atom. The largest absolute Gasteiger partial charge is 0.322 e. The van der Waals surface area contributed by atoms with Crippen molar-refractivity contribution in [3.63, 3.8) is 0 Å². The van der Waals surface area contributed by atoms with E-state index in [1.807, 2.05) is 57.2 Å². The number of amides is 1. The minimum absolute atomic E-state index is 0.0343. The van der Waals surface area contributed by atoms with Crippen molar-refractivity contribution in [2.24, 2.45) is 0 Å². The summed E-state index contributed by atoms with van der Waals surface area (Å²) in [5.41, 5.74) is 4.16. The Labute approximate surface area is 165 Å². The number of anilines is 2. The van der Waals surface area contributed by atoms with Gasteiger partial charge in [0.15, 0.2) is 0 Å². The van der Waals surface area contributed by atoms with Gasteiger partial charge >= 0.3 is 0 Å². The fourth-order valence-corrected chi connectivity index (χ4v) is 4.15. The van der Waals surface area contributed by atoms with E-state index in [1.54, 1.807) is 18.2 Å². The lowest BCUT2D eigenvalue weighted by atomic mass is 10.1. The molecule has 0 unspecified atom stereocenters. The highest BCUT2D eigenvalue weighted by molar-refractivity contribution is 7.92. The minimum Gasteiger partial charge on any atom is -0.322 e. The first-order valence-electron chi connectivity index (χ1n) is 8.83. The van der Waals surface area contributed by atoms with Crippen molar-refractivity contribution in [1.29, 1.82) is 0 Å². The Bertz CT molecular complexity index is 1120. The van der Waals surface area contributed by atoms with Crippen LogP contribution in [0, 0.1) is 20.8 Å². The number of sulfonamides is 1. The second kappa shape index (κ2) is 7.86. The number of carbonyl (C=O) groups is 1. The maximum absolute atomic E-state index is 12.8. The quantitative estimate of drug-likeness (QED) is 0.661. The molecule has 0 bridgehead atoms. The molecule has 3 rings (SSSR count). The van der Waals surface area contributed by atoms with Gasteiger partial charge in [-0.15, -0.1) is 0 Å². The number of hydrogen-bond acceptors (Lipinski definition) is 3. The number of nitrogens with one attached hydrogen (secondary N) is 2. The van der Waals surface area contributed by atoms with Gasteiger partial charge in [-0.25, -0.2) is 8.42 Å². The lowest BCUT2D eigenvalue weighted by molar-refractivity contribution is 0.102. The normalized spacial score (nSPS) is 11.1. The van der Waals surface area contributed by atoms with Crippen LogP contribution in [0.1, 0.15) is 27.0 Å². The van der Waals surface area contributed by atoms with Gasteiger partial charge in [-0.2, -0.15) is 0 Å². The van der Waals surface area contributed by atoms with Crippen LogP contribution in [0.5, 0.6) is 0 Å². The molecule has 3 aromatic carbocycles. The summed E-state index contributed by atoms with van der Waals surface area (Å²) in [5, 5.41) is 2.79. The van der Waals surface area contributed by atoms with E-state index in [9.17, 15) is 13.2 Å². The predicted molar refractivity (Wildman–Crippen MR) is 112 cm³/mol. The van der Waals surface area contributed by atoms with Crippen LogP contribution in [0.4, 0.5) is 11.4 Å². The molecule has 0 atom stereocenters. The second-order valence-corrected chi connectivity index (χ2v) is 8.41. The van der Waals surface area contributed by atoms with E-state index < -0.39 is 10.0 Å². The zero-order valence-corrected chi connectivity index (χ0v) is 16.8. The first-order valence-corrected chi connectivity index (χ1v) is 10.3. The lowest BCUT2D eigenvalue weighted by Gasteiger charge is -2.14. The zero-order chi connectivity index (χ0) is 20.3. The average Bonchev–Trinajstić information content (AvgIpc) is 2.65. The Balaban J connectivity index is 1.86. The molecule has 0 radical (unpaired) electrons. The molecule has 144 valence electrons. The van der Waals surface area contributed by atoms with Crippen molar-refractivity contribution >= 4 is 27.3 Å². The van der Waals surface area contributed by atoms with E-state index in [1.165, 1.54) is 12.1 Å². The van der Waals surface area contributed by atoms with Gasteiger partial charge in [0.2, 0.25) is 0 Å². The summed E-state index contributed by atoms with van der Waals surface area (Å²) in [5.74, 6) is -0.366. The first kappa shape index (κ1) is 19.6. The summed E-state index contributed by atoms with van der Waals surface area (Å²) < 4.78 is 28.3. The van der Waals surface area contributed by atoms with Gasteiger partial charge in [0.1, 0.15) is 0 Å². The monoisotopic (exact) mass is 394 g/mol. The Hall–Kier alpha value is -3.12. The van der Waals surface area contributed by atoms with Crippen LogP contribution in [0.2, 0.25) is 0 Å². The third-order valence-corrected chi connectivity index (χ3v) is 5.75. The molecular formula is C22H22N2O3S. The maximum Gasteiger partial charge on any atom is 0.261 e. The van der Waals surface area contributed by atoms with E-state index in [0.717, 1.165) is 16.7 Å². The van der Waals surface area contributed by atoms with Gasteiger partial charge < -0.3 is 5.32 Å². The second-order valence-electron chi connectivity index (χ2n) is 6.72. The maximum atomic E-state index is 12.8. The Morgan fingerprint density at radius 3 is 2.14 bits per heavy atom. The molecule has 0 fully saturated rings. The molecule has 0 heterocycles. The van der Waals surface area contributed by atoms with Crippen molar-refractivity contribution < 1.29 is 13.2 Å². The van der Waals surface area contributed by atoms with E-state index in [0.29, 0.717) is 11.4 Å². The molecule has 0 saturated heterocycles. The first-order chi connectivity index (χ1) is 13.3. The third-order valence-electron chi connectivity index (χ3n) is 4.40. The van der Waals surface area contributed by atoms with Crippen molar-refractivity contribution in [3.8, 4) is 0 Å². The average molecular weight is 394 g/mol. The van der Waals surface area contributed by atoms with Gasteiger partial charge in [-0.3, -0.25) is 9.52 Å². The summed E-state index contributed by atoms with van der Waals surface area (Å²) in [6, 6.07) is 19.0. The van der Waals surface area contributed by atoms with Crippen molar-refractivity contribution in [2.45, 2.75) is 25.7 Å². The number of benzene rings is 3. The van der Waals surface area contributed by atoms with E-state index in [-0.39, 0.29) is 16.4 Å². The molecule has 0 aliphatic heterocycles. The van der Waals surface area contributed by atoms with Gasteiger partial charge in [-0.1, -0.05) is 36.4 Å². The summed E-state index contributed by atoms with van der Waals surface area (Å²) in [7, 11) is -3.82. The van der Waals surface area contributed by atoms with Gasteiger partial charge in [0, 0.05) is 11.3 Å². The Kier molecular flexibility index (Phi) is 5.51. The minimum atomic E-state index is -3.82. The molecule has 5 nitrogen and oxygen atoms in total. The highest BCUT2D eigenvalue weighted by Crippen LogP contribution is 2.24. The van der Waals surface area contributed by atoms with Gasteiger partial charge in [0.05, 0.1) is 10.6 Å². The highest BCUT2D eigenvalue weighted by Gasteiger charge is 2.18. The fraction of sp³-hybridized carbons (Fsp3) is 0.136. The molecule has 0 aromatic heterocycles. The van der Waals surface area contributed by atoms with Crippen LogP contribution < -0.4 is 10.0 Å². The van der Waals surface area contributed by atoms with Crippen molar-refractivity contribution in [2.75, 3.05) is 10.0 Å². The van der Waals surface area contributed by atoms with Crippen LogP contribution in [0.15, 0.2) is 71.6 Å². The summed E-state index contributed by atoms with van der Waals surface area (Å²) in [4.78, 5) is 12.6. The topological polar surface area (TPSA) is 75.3 Å². The fourth-order valence-electron chi connectivity index (χ4n) is 2.90. The molecule has 28 heavy (non-hydrogen) atoms. The molecule has 0 aliphatic carbocycles. The smallest absolute Gasteiger partial charge is 0.261 e.